The molecule has 1 amide bonds. The van der Waals surface area contributed by atoms with Gasteiger partial charge in [-0.05, 0) is 33.2 Å². The van der Waals surface area contributed by atoms with Gasteiger partial charge in [-0.25, -0.2) is 0 Å². The van der Waals surface area contributed by atoms with E-state index in [2.05, 4.69) is 15.4 Å². The highest BCUT2D eigenvalue weighted by Crippen LogP contribution is 2.11. The van der Waals surface area contributed by atoms with Crippen LogP contribution in [-0.2, 0) is 6.54 Å². The zero-order chi connectivity index (χ0) is 14.5. The summed E-state index contributed by atoms with van der Waals surface area (Å²) in [4.78, 5) is 16.1. The standard InChI is InChI=1S/C13H19N5O2/c1-10-4-5-11(20-10)9-18(7-6-17(2)3)13(19)12-8-14-16-15-12/h4-5,8H,6-7,9H2,1-3H3,(H,14,15,16). The Kier molecular flexibility index (Phi) is 4.52. The summed E-state index contributed by atoms with van der Waals surface area (Å²) in [6.45, 7) is 3.67. The Bertz CT molecular complexity index is 547. The lowest BCUT2D eigenvalue weighted by Crippen LogP contribution is -2.36. The van der Waals surface area contributed by atoms with Gasteiger partial charge >= 0.3 is 0 Å². The third kappa shape index (κ3) is 3.67. The minimum atomic E-state index is -0.158. The van der Waals surface area contributed by atoms with Crippen LogP contribution in [0.15, 0.2) is 22.7 Å². The summed E-state index contributed by atoms with van der Waals surface area (Å²) in [7, 11) is 3.94. The van der Waals surface area contributed by atoms with Crippen molar-refractivity contribution < 1.29 is 9.21 Å². The van der Waals surface area contributed by atoms with Crippen molar-refractivity contribution in [1.29, 1.82) is 0 Å². The van der Waals surface area contributed by atoms with Crippen LogP contribution in [0.2, 0.25) is 0 Å². The zero-order valence-corrected chi connectivity index (χ0v) is 12.0. The Hall–Kier alpha value is -2.15. The number of aromatic nitrogens is 3. The highest BCUT2D eigenvalue weighted by Gasteiger charge is 2.19. The zero-order valence-electron chi connectivity index (χ0n) is 12.0. The van der Waals surface area contributed by atoms with Crippen LogP contribution in [0.4, 0.5) is 0 Å². The number of hydrogen-bond donors (Lipinski definition) is 1. The second kappa shape index (κ2) is 6.33. The lowest BCUT2D eigenvalue weighted by Gasteiger charge is -2.22. The van der Waals surface area contributed by atoms with Crippen LogP contribution in [0.3, 0.4) is 0 Å². The predicted molar refractivity (Wildman–Crippen MR) is 73.1 cm³/mol. The fourth-order valence-corrected chi connectivity index (χ4v) is 1.80. The summed E-state index contributed by atoms with van der Waals surface area (Å²) in [6.07, 6.45) is 1.43. The molecule has 2 rings (SSSR count). The van der Waals surface area contributed by atoms with Crippen molar-refractivity contribution in [1.82, 2.24) is 25.2 Å². The number of carbonyl (C=O) groups is 1. The number of carbonyl (C=O) groups excluding carboxylic acids is 1. The number of aryl methyl sites for hydroxylation is 1. The Labute approximate surface area is 117 Å². The molecule has 7 heteroatoms. The molecule has 0 spiro atoms. The maximum absolute atomic E-state index is 12.4. The topological polar surface area (TPSA) is 78.3 Å². The van der Waals surface area contributed by atoms with Crippen molar-refractivity contribution in [3.8, 4) is 0 Å². The van der Waals surface area contributed by atoms with Gasteiger partial charge in [-0.3, -0.25) is 4.79 Å². The summed E-state index contributed by atoms with van der Waals surface area (Å²) in [5.41, 5.74) is 0.312. The minimum Gasteiger partial charge on any atom is -0.464 e. The number of amides is 1. The van der Waals surface area contributed by atoms with E-state index in [1.807, 2.05) is 38.1 Å². The summed E-state index contributed by atoms with van der Waals surface area (Å²) in [6, 6.07) is 3.77. The largest absolute Gasteiger partial charge is 0.464 e. The molecule has 0 aliphatic carbocycles. The van der Waals surface area contributed by atoms with Crippen LogP contribution in [-0.4, -0.2) is 58.3 Å². The van der Waals surface area contributed by atoms with E-state index in [0.29, 0.717) is 18.8 Å². The number of nitrogens with one attached hydrogen (secondary N) is 1. The maximum Gasteiger partial charge on any atom is 0.276 e. The third-order valence-corrected chi connectivity index (χ3v) is 2.88. The van der Waals surface area contributed by atoms with Crippen molar-refractivity contribution in [3.63, 3.8) is 0 Å². The molecular formula is C13H19N5O2. The number of nitrogens with zero attached hydrogens (tertiary/aromatic N) is 4. The second-order valence-electron chi connectivity index (χ2n) is 4.90. The predicted octanol–water partition coefficient (Wildman–Crippen LogP) is 0.910. The average molecular weight is 277 g/mol. The molecule has 2 aromatic rings. The number of furan rings is 1. The number of rotatable bonds is 6. The van der Waals surface area contributed by atoms with Gasteiger partial charge in [0.1, 0.15) is 11.5 Å². The van der Waals surface area contributed by atoms with Crippen molar-refractivity contribution in [2.24, 2.45) is 0 Å². The van der Waals surface area contributed by atoms with Gasteiger partial charge in [0.25, 0.3) is 5.91 Å². The van der Waals surface area contributed by atoms with E-state index in [1.54, 1.807) is 4.90 Å². The van der Waals surface area contributed by atoms with Crippen LogP contribution in [0.5, 0.6) is 0 Å². The van der Waals surface area contributed by atoms with E-state index in [-0.39, 0.29) is 5.91 Å². The maximum atomic E-state index is 12.4. The molecule has 0 unspecified atom stereocenters. The van der Waals surface area contributed by atoms with E-state index in [4.69, 9.17) is 4.42 Å². The van der Waals surface area contributed by atoms with Crippen LogP contribution in [0.25, 0.3) is 0 Å². The molecule has 20 heavy (non-hydrogen) atoms. The number of likely N-dealkylation sites (N-methyl/N-ethyl adjacent to an activating group) is 1. The molecule has 0 saturated carbocycles. The molecule has 108 valence electrons. The van der Waals surface area contributed by atoms with E-state index < -0.39 is 0 Å². The molecule has 1 N–H and O–H groups in total. The van der Waals surface area contributed by atoms with Crippen molar-refractivity contribution in [2.75, 3.05) is 27.2 Å². The molecule has 0 aromatic carbocycles. The monoisotopic (exact) mass is 277 g/mol. The molecule has 0 atom stereocenters. The summed E-state index contributed by atoms with van der Waals surface area (Å²) in [5, 5.41) is 9.97. The number of aromatic amines is 1. The van der Waals surface area contributed by atoms with E-state index in [9.17, 15) is 4.79 Å². The van der Waals surface area contributed by atoms with Gasteiger partial charge in [-0.1, -0.05) is 0 Å². The van der Waals surface area contributed by atoms with Crippen LogP contribution >= 0.6 is 0 Å². The number of H-pyrrole nitrogens is 1. The molecule has 7 nitrogen and oxygen atoms in total. The van der Waals surface area contributed by atoms with Crippen LogP contribution in [0.1, 0.15) is 22.0 Å². The third-order valence-electron chi connectivity index (χ3n) is 2.88. The summed E-state index contributed by atoms with van der Waals surface area (Å²) >= 11 is 0. The van der Waals surface area contributed by atoms with Gasteiger partial charge in [0.05, 0.1) is 12.7 Å². The summed E-state index contributed by atoms with van der Waals surface area (Å²) < 4.78 is 5.54. The van der Waals surface area contributed by atoms with E-state index >= 15 is 0 Å². The molecule has 0 fully saturated rings. The quantitative estimate of drug-likeness (QED) is 0.849. The molecule has 0 aliphatic heterocycles. The normalized spacial score (nSPS) is 11.0. The Morgan fingerprint density at radius 1 is 1.35 bits per heavy atom. The van der Waals surface area contributed by atoms with Gasteiger partial charge in [-0.2, -0.15) is 15.4 Å². The average Bonchev–Trinajstić information content (AvgIpc) is 3.04. The van der Waals surface area contributed by atoms with Gasteiger partial charge in [0, 0.05) is 13.1 Å². The Morgan fingerprint density at radius 3 is 2.70 bits per heavy atom. The first-order valence-corrected chi connectivity index (χ1v) is 6.41. The second-order valence-corrected chi connectivity index (χ2v) is 4.90. The van der Waals surface area contributed by atoms with Crippen molar-refractivity contribution in [2.45, 2.75) is 13.5 Å². The van der Waals surface area contributed by atoms with Crippen molar-refractivity contribution >= 4 is 5.91 Å². The van der Waals surface area contributed by atoms with Gasteiger partial charge in [-0.15, -0.1) is 0 Å². The van der Waals surface area contributed by atoms with Gasteiger partial charge < -0.3 is 14.2 Å². The molecule has 2 aromatic heterocycles. The van der Waals surface area contributed by atoms with Crippen molar-refractivity contribution in [3.05, 3.63) is 35.5 Å². The first-order valence-electron chi connectivity index (χ1n) is 6.41. The van der Waals surface area contributed by atoms with Gasteiger partial charge in [0.2, 0.25) is 0 Å². The molecule has 0 aliphatic rings. The lowest BCUT2D eigenvalue weighted by molar-refractivity contribution is 0.0713. The molecule has 0 saturated heterocycles. The van der Waals surface area contributed by atoms with Crippen LogP contribution < -0.4 is 0 Å². The van der Waals surface area contributed by atoms with E-state index in [0.717, 1.165) is 18.1 Å². The van der Waals surface area contributed by atoms with E-state index in [1.165, 1.54) is 6.20 Å². The highest BCUT2D eigenvalue weighted by atomic mass is 16.3. The Balaban J connectivity index is 2.09. The fraction of sp³-hybridized carbons (Fsp3) is 0.462. The number of hydrogen-bond acceptors (Lipinski definition) is 5. The smallest absolute Gasteiger partial charge is 0.276 e. The lowest BCUT2D eigenvalue weighted by atomic mass is 10.3. The highest BCUT2D eigenvalue weighted by molar-refractivity contribution is 5.91. The first-order chi connectivity index (χ1) is 9.56. The SMILES string of the molecule is Cc1ccc(CN(CCN(C)C)C(=O)c2cn[nH]n2)o1. The fourth-order valence-electron chi connectivity index (χ4n) is 1.80. The summed E-state index contributed by atoms with van der Waals surface area (Å²) in [5.74, 6) is 1.44. The molecular weight excluding hydrogens is 258 g/mol. The first kappa shape index (κ1) is 14.3. The molecule has 0 radical (unpaired) electrons. The Morgan fingerprint density at radius 2 is 2.15 bits per heavy atom. The minimum absolute atomic E-state index is 0.158. The molecule has 2 heterocycles. The van der Waals surface area contributed by atoms with Gasteiger partial charge in [0.15, 0.2) is 5.69 Å². The molecule has 0 bridgehead atoms. The van der Waals surface area contributed by atoms with Crippen LogP contribution in [0, 0.1) is 6.92 Å².